The molecule has 188 valence electrons. The van der Waals surface area contributed by atoms with Crippen molar-refractivity contribution in [1.82, 2.24) is 30.4 Å². The molecular formula is C27H33N7O2. The highest BCUT2D eigenvalue weighted by Crippen LogP contribution is 2.36. The fraction of sp³-hybridized carbons (Fsp3) is 0.407. The molecule has 0 bridgehead atoms. The van der Waals surface area contributed by atoms with E-state index in [0.717, 1.165) is 29.7 Å². The Hall–Kier alpha value is -3.72. The van der Waals surface area contributed by atoms with Crippen molar-refractivity contribution in [2.24, 2.45) is 7.05 Å². The van der Waals surface area contributed by atoms with Crippen molar-refractivity contribution >= 4 is 33.4 Å². The molecule has 0 radical (unpaired) electrons. The Bertz CT molecular complexity index is 1470. The largest absolute Gasteiger partial charge is 0.507 e. The molecule has 9 heteroatoms. The van der Waals surface area contributed by atoms with Gasteiger partial charge in [-0.05, 0) is 58.9 Å². The van der Waals surface area contributed by atoms with Crippen LogP contribution in [-0.4, -0.2) is 62.0 Å². The van der Waals surface area contributed by atoms with Gasteiger partial charge in [0, 0.05) is 66.5 Å². The molecular weight excluding hydrogens is 454 g/mol. The number of amides is 1. The van der Waals surface area contributed by atoms with E-state index < -0.39 is 0 Å². The maximum Gasteiger partial charge on any atom is 0.270 e. The summed E-state index contributed by atoms with van der Waals surface area (Å²) in [4.78, 5) is 25.1. The van der Waals surface area contributed by atoms with Gasteiger partial charge in [0.1, 0.15) is 11.4 Å². The highest BCUT2D eigenvalue weighted by Gasteiger charge is 2.24. The van der Waals surface area contributed by atoms with Crippen molar-refractivity contribution in [2.75, 3.05) is 18.0 Å². The zero-order valence-electron chi connectivity index (χ0n) is 21.6. The highest BCUT2D eigenvalue weighted by molar-refractivity contribution is 6.06. The monoisotopic (exact) mass is 487 g/mol. The van der Waals surface area contributed by atoms with Gasteiger partial charge in [0.25, 0.3) is 5.91 Å². The predicted octanol–water partition coefficient (Wildman–Crippen LogP) is 3.52. The van der Waals surface area contributed by atoms with Crippen molar-refractivity contribution < 1.29 is 9.90 Å². The summed E-state index contributed by atoms with van der Waals surface area (Å²) in [5.74, 6) is 0.104. The van der Waals surface area contributed by atoms with E-state index in [2.05, 4.69) is 34.5 Å². The van der Waals surface area contributed by atoms with Crippen LogP contribution in [0.4, 0.5) is 5.69 Å². The van der Waals surface area contributed by atoms with E-state index in [1.165, 1.54) is 0 Å². The molecule has 2 aromatic carbocycles. The number of rotatable bonds is 4. The number of hydrogen-bond acceptors (Lipinski definition) is 7. The molecule has 0 spiro atoms. The number of nitrogens with zero attached hydrogens (tertiary/aromatic N) is 5. The number of carbonyl (C=O) groups is 1. The van der Waals surface area contributed by atoms with E-state index in [9.17, 15) is 9.90 Å². The van der Waals surface area contributed by atoms with E-state index in [0.29, 0.717) is 45.6 Å². The minimum absolute atomic E-state index is 0.0496. The second kappa shape index (κ2) is 9.05. The van der Waals surface area contributed by atoms with E-state index in [4.69, 9.17) is 9.97 Å². The lowest BCUT2D eigenvalue weighted by Gasteiger charge is -2.37. The maximum atomic E-state index is 13.3. The molecule has 36 heavy (non-hydrogen) atoms. The molecule has 3 heterocycles. The number of carbonyl (C=O) groups excluding carboxylic acids is 1. The summed E-state index contributed by atoms with van der Waals surface area (Å²) >= 11 is 0. The van der Waals surface area contributed by atoms with Gasteiger partial charge in [-0.2, -0.15) is 5.10 Å². The molecule has 2 aromatic heterocycles. The number of aromatic nitrogens is 4. The van der Waals surface area contributed by atoms with Crippen LogP contribution in [0.1, 0.15) is 43.7 Å². The summed E-state index contributed by atoms with van der Waals surface area (Å²) in [5.41, 5.74) is 3.83. The second-order valence-electron chi connectivity index (χ2n) is 10.2. The van der Waals surface area contributed by atoms with E-state index >= 15 is 0 Å². The summed E-state index contributed by atoms with van der Waals surface area (Å²) in [6.07, 6.45) is 1.89. The number of nitrogens with one attached hydrogen (secondary N) is 2. The molecule has 4 aromatic rings. The SMILES string of the molecule is Cc1c(O)c(-c2nc(C(=O)NC(C)C)c3cc(N4C[C@@H](C)N[C@@H](C)C4)ccc3n2)cc2cn(C)nc12. The first-order chi connectivity index (χ1) is 17.1. The average molecular weight is 488 g/mol. The third-order valence-electron chi connectivity index (χ3n) is 6.60. The van der Waals surface area contributed by atoms with Crippen LogP contribution >= 0.6 is 0 Å². The minimum Gasteiger partial charge on any atom is -0.507 e. The zero-order valence-corrected chi connectivity index (χ0v) is 21.6. The Morgan fingerprint density at radius 3 is 2.58 bits per heavy atom. The number of phenolic OH excluding ortho intramolecular Hbond substituents is 1. The number of anilines is 1. The molecule has 0 aliphatic carbocycles. The molecule has 1 saturated heterocycles. The quantitative estimate of drug-likeness (QED) is 0.404. The third-order valence-corrected chi connectivity index (χ3v) is 6.60. The summed E-state index contributed by atoms with van der Waals surface area (Å²) in [7, 11) is 1.84. The van der Waals surface area contributed by atoms with Gasteiger partial charge in [-0.3, -0.25) is 9.48 Å². The van der Waals surface area contributed by atoms with Crippen LogP contribution in [0.25, 0.3) is 33.2 Å². The van der Waals surface area contributed by atoms with Gasteiger partial charge >= 0.3 is 0 Å². The van der Waals surface area contributed by atoms with E-state index in [1.807, 2.05) is 58.3 Å². The smallest absolute Gasteiger partial charge is 0.270 e. The summed E-state index contributed by atoms with van der Waals surface area (Å²) < 4.78 is 1.71. The number of fused-ring (bicyclic) bond motifs is 2. The van der Waals surface area contributed by atoms with Crippen molar-refractivity contribution in [3.05, 3.63) is 41.7 Å². The van der Waals surface area contributed by atoms with Gasteiger partial charge in [0.05, 0.1) is 16.6 Å². The van der Waals surface area contributed by atoms with Crippen molar-refractivity contribution in [1.29, 1.82) is 0 Å². The Balaban J connectivity index is 1.68. The van der Waals surface area contributed by atoms with Crippen LogP contribution in [0, 0.1) is 6.92 Å². The predicted molar refractivity (Wildman–Crippen MR) is 143 cm³/mol. The molecule has 2 atom stereocenters. The van der Waals surface area contributed by atoms with Crippen LogP contribution in [0.3, 0.4) is 0 Å². The van der Waals surface area contributed by atoms with Gasteiger partial charge < -0.3 is 20.6 Å². The van der Waals surface area contributed by atoms with Gasteiger partial charge in [-0.1, -0.05) is 0 Å². The first-order valence-corrected chi connectivity index (χ1v) is 12.4. The Morgan fingerprint density at radius 2 is 1.89 bits per heavy atom. The summed E-state index contributed by atoms with van der Waals surface area (Å²) in [6.45, 7) is 11.8. The minimum atomic E-state index is -0.267. The summed E-state index contributed by atoms with van der Waals surface area (Å²) in [5, 5.41) is 23.6. The topological polar surface area (TPSA) is 108 Å². The Morgan fingerprint density at radius 1 is 1.17 bits per heavy atom. The van der Waals surface area contributed by atoms with Gasteiger partial charge in [0.2, 0.25) is 0 Å². The lowest BCUT2D eigenvalue weighted by molar-refractivity contribution is 0.0940. The van der Waals surface area contributed by atoms with Gasteiger partial charge in [-0.15, -0.1) is 0 Å². The Kier molecular flexibility index (Phi) is 6.04. The van der Waals surface area contributed by atoms with Crippen molar-refractivity contribution in [3.63, 3.8) is 0 Å². The number of piperazine rings is 1. The highest BCUT2D eigenvalue weighted by atomic mass is 16.3. The summed E-state index contributed by atoms with van der Waals surface area (Å²) in [6, 6.07) is 8.49. The van der Waals surface area contributed by atoms with Crippen LogP contribution < -0.4 is 15.5 Å². The van der Waals surface area contributed by atoms with Crippen molar-refractivity contribution in [3.8, 4) is 17.1 Å². The molecule has 3 N–H and O–H groups in total. The molecule has 1 fully saturated rings. The lowest BCUT2D eigenvalue weighted by atomic mass is 10.0. The number of benzene rings is 2. The fourth-order valence-electron chi connectivity index (χ4n) is 5.09. The molecule has 0 saturated carbocycles. The number of aromatic hydroxyl groups is 1. The third kappa shape index (κ3) is 4.35. The van der Waals surface area contributed by atoms with E-state index in [-0.39, 0.29) is 17.7 Å². The van der Waals surface area contributed by atoms with Gasteiger partial charge in [0.15, 0.2) is 5.82 Å². The normalized spacial score (nSPS) is 18.4. The Labute approximate surface area is 210 Å². The molecule has 1 aliphatic heterocycles. The number of phenols is 1. The molecule has 9 nitrogen and oxygen atoms in total. The first kappa shape index (κ1) is 24.0. The fourth-order valence-corrected chi connectivity index (χ4v) is 5.09. The number of aryl methyl sites for hydroxylation is 2. The van der Waals surface area contributed by atoms with Gasteiger partial charge in [-0.25, -0.2) is 9.97 Å². The van der Waals surface area contributed by atoms with Crippen LogP contribution in [-0.2, 0) is 7.05 Å². The van der Waals surface area contributed by atoms with Crippen molar-refractivity contribution in [2.45, 2.75) is 52.7 Å². The van der Waals surface area contributed by atoms with Crippen LogP contribution in [0.15, 0.2) is 30.5 Å². The van der Waals surface area contributed by atoms with E-state index in [1.54, 1.807) is 4.68 Å². The molecule has 1 amide bonds. The van der Waals surface area contributed by atoms with Crippen LogP contribution in [0.5, 0.6) is 5.75 Å². The maximum absolute atomic E-state index is 13.3. The first-order valence-electron chi connectivity index (χ1n) is 12.4. The number of hydrogen-bond donors (Lipinski definition) is 3. The van der Waals surface area contributed by atoms with Crippen LogP contribution in [0.2, 0.25) is 0 Å². The average Bonchev–Trinajstić information content (AvgIpc) is 3.19. The molecule has 1 aliphatic rings. The standard InChI is InChI=1S/C27H33N7O2/c1-14(2)28-27(36)24-20-10-19(34-11-15(3)29-16(4)12-34)7-8-22(20)30-26(31-24)21-9-18-13-33(6)32-23(18)17(5)25(21)35/h7-10,13-16,29,35H,11-12H2,1-6H3,(H,28,36)/t15-,16+. The zero-order chi connectivity index (χ0) is 25.7. The molecule has 0 unspecified atom stereocenters. The lowest BCUT2D eigenvalue weighted by Crippen LogP contribution is -2.54. The molecule has 5 rings (SSSR count). The second-order valence-corrected chi connectivity index (χ2v) is 10.2.